The van der Waals surface area contributed by atoms with E-state index in [1.165, 1.54) is 0 Å². The van der Waals surface area contributed by atoms with Crippen molar-refractivity contribution in [1.82, 2.24) is 14.9 Å². The van der Waals surface area contributed by atoms with Crippen LogP contribution in [0.15, 0.2) is 6.07 Å². The second kappa shape index (κ2) is 8.48. The summed E-state index contributed by atoms with van der Waals surface area (Å²) in [6.07, 6.45) is -3.74. The second-order valence-corrected chi connectivity index (χ2v) is 5.79. The van der Waals surface area contributed by atoms with Crippen LogP contribution >= 0.6 is 0 Å². The Kier molecular flexibility index (Phi) is 6.61. The number of aromatic nitrogens is 2. The van der Waals surface area contributed by atoms with Gasteiger partial charge in [-0.25, -0.2) is 4.98 Å². The molecule has 0 amide bonds. The smallest absolute Gasteiger partial charge is 0.379 e. The number of halogens is 3. The van der Waals surface area contributed by atoms with Gasteiger partial charge in [0.05, 0.1) is 13.2 Å². The van der Waals surface area contributed by atoms with Crippen molar-refractivity contribution in [3.63, 3.8) is 0 Å². The van der Waals surface area contributed by atoms with Gasteiger partial charge in [0, 0.05) is 38.3 Å². The molecule has 6 nitrogen and oxygen atoms in total. The summed E-state index contributed by atoms with van der Waals surface area (Å²) in [5.41, 5.74) is -0.947. The van der Waals surface area contributed by atoms with Crippen LogP contribution in [0, 0.1) is 0 Å². The molecule has 9 heteroatoms. The molecule has 1 aliphatic heterocycles. The minimum atomic E-state index is -4.50. The van der Waals surface area contributed by atoms with Gasteiger partial charge in [-0.15, -0.1) is 0 Å². The van der Waals surface area contributed by atoms with Gasteiger partial charge in [-0.05, 0) is 13.3 Å². The zero-order chi connectivity index (χ0) is 17.6. The highest BCUT2D eigenvalue weighted by molar-refractivity contribution is 5.43. The van der Waals surface area contributed by atoms with Gasteiger partial charge >= 0.3 is 6.18 Å². The highest BCUT2D eigenvalue weighted by Crippen LogP contribution is 2.29. The maximum atomic E-state index is 13.0. The first-order chi connectivity index (χ1) is 11.4. The van der Waals surface area contributed by atoms with Crippen molar-refractivity contribution in [2.45, 2.75) is 32.5 Å². The van der Waals surface area contributed by atoms with Crippen molar-refractivity contribution in [1.29, 1.82) is 0 Å². The predicted molar refractivity (Wildman–Crippen MR) is 86.2 cm³/mol. The Morgan fingerprint density at radius 3 is 2.62 bits per heavy atom. The largest absolute Gasteiger partial charge is 0.433 e. The van der Waals surface area contributed by atoms with Crippen molar-refractivity contribution in [2.75, 3.05) is 50.0 Å². The summed E-state index contributed by atoms with van der Waals surface area (Å²) in [7, 11) is 0. The first kappa shape index (κ1) is 18.7. The van der Waals surface area contributed by atoms with Crippen LogP contribution in [-0.4, -0.2) is 60.3 Å². The van der Waals surface area contributed by atoms with Gasteiger partial charge in [0.15, 0.2) is 5.69 Å². The van der Waals surface area contributed by atoms with E-state index < -0.39 is 11.9 Å². The van der Waals surface area contributed by atoms with Crippen molar-refractivity contribution in [3.8, 4) is 0 Å². The molecule has 2 heterocycles. The fourth-order valence-electron chi connectivity index (χ4n) is 2.24. The fraction of sp³-hybridized carbons (Fsp3) is 0.733. The molecule has 1 aromatic heterocycles. The zero-order valence-corrected chi connectivity index (χ0v) is 14.0. The number of anilines is 2. The summed E-state index contributed by atoms with van der Waals surface area (Å²) in [4.78, 5) is 9.91. The van der Waals surface area contributed by atoms with Crippen LogP contribution in [0.5, 0.6) is 0 Å². The Balaban J connectivity index is 2.02. The molecular weight excluding hydrogens is 323 g/mol. The molecule has 0 spiro atoms. The lowest BCUT2D eigenvalue weighted by Crippen LogP contribution is -2.39. The van der Waals surface area contributed by atoms with Crippen LogP contribution < -0.4 is 10.6 Å². The minimum Gasteiger partial charge on any atom is -0.379 e. The van der Waals surface area contributed by atoms with Crippen molar-refractivity contribution in [3.05, 3.63) is 11.8 Å². The maximum Gasteiger partial charge on any atom is 0.433 e. The Hall–Kier alpha value is -1.61. The number of hydrogen-bond donors (Lipinski definition) is 2. The summed E-state index contributed by atoms with van der Waals surface area (Å²) < 4.78 is 44.3. The van der Waals surface area contributed by atoms with Crippen LogP contribution in [0.3, 0.4) is 0 Å². The van der Waals surface area contributed by atoms with Crippen molar-refractivity contribution >= 4 is 11.8 Å². The lowest BCUT2D eigenvalue weighted by molar-refractivity contribution is -0.141. The van der Waals surface area contributed by atoms with E-state index in [1.807, 2.05) is 13.8 Å². The Morgan fingerprint density at radius 1 is 1.29 bits per heavy atom. The molecule has 1 atom stereocenters. The molecule has 1 aromatic rings. The molecular formula is C15H24F3N5O. The highest BCUT2D eigenvalue weighted by atomic mass is 19.4. The third-order valence-electron chi connectivity index (χ3n) is 3.84. The van der Waals surface area contributed by atoms with E-state index in [1.54, 1.807) is 0 Å². The molecule has 0 unspecified atom stereocenters. The number of hydrogen-bond acceptors (Lipinski definition) is 6. The average Bonchev–Trinajstić information content (AvgIpc) is 2.55. The highest BCUT2D eigenvalue weighted by Gasteiger charge is 2.33. The van der Waals surface area contributed by atoms with E-state index in [0.717, 1.165) is 32.1 Å². The third kappa shape index (κ3) is 5.79. The topological polar surface area (TPSA) is 62.3 Å². The molecule has 0 radical (unpaired) electrons. The summed E-state index contributed by atoms with van der Waals surface area (Å²) in [6, 6.07) is 0.941. The lowest BCUT2D eigenvalue weighted by atomic mass is 10.3. The van der Waals surface area contributed by atoms with E-state index >= 15 is 0 Å². The first-order valence-electron chi connectivity index (χ1n) is 8.15. The quantitative estimate of drug-likeness (QED) is 0.790. The number of alkyl halides is 3. The Labute approximate surface area is 139 Å². The van der Waals surface area contributed by atoms with Gasteiger partial charge in [-0.2, -0.15) is 18.2 Å². The number of nitrogens with one attached hydrogen (secondary N) is 2. The molecule has 1 fully saturated rings. The molecule has 0 bridgehead atoms. The minimum absolute atomic E-state index is 0.00492. The summed E-state index contributed by atoms with van der Waals surface area (Å²) >= 11 is 0. The number of ether oxygens (including phenoxy) is 1. The molecule has 1 aliphatic rings. The number of morpholine rings is 1. The standard InChI is InChI=1S/C15H24F3N5O/c1-3-11(2)20-14-21-12(15(16,17)18)10-13(22-14)19-4-5-23-6-8-24-9-7-23/h10-11H,3-9H2,1-2H3,(H2,19,20,21,22)/t11-/m0/s1. The van der Waals surface area contributed by atoms with Crippen LogP contribution in [-0.2, 0) is 10.9 Å². The molecule has 0 aliphatic carbocycles. The summed E-state index contributed by atoms with van der Waals surface area (Å²) in [5.74, 6) is 0.171. The van der Waals surface area contributed by atoms with Crippen LogP contribution in [0.25, 0.3) is 0 Å². The lowest BCUT2D eigenvalue weighted by Gasteiger charge is -2.26. The van der Waals surface area contributed by atoms with Gasteiger partial charge in [0.1, 0.15) is 5.82 Å². The van der Waals surface area contributed by atoms with Crippen molar-refractivity contribution in [2.24, 2.45) is 0 Å². The van der Waals surface area contributed by atoms with Crippen LogP contribution in [0.4, 0.5) is 24.9 Å². The SMILES string of the molecule is CC[C@H](C)Nc1nc(NCCN2CCOCC2)cc(C(F)(F)F)n1. The molecule has 136 valence electrons. The monoisotopic (exact) mass is 347 g/mol. The molecule has 1 saturated heterocycles. The Bertz CT molecular complexity index is 520. The molecule has 24 heavy (non-hydrogen) atoms. The summed E-state index contributed by atoms with van der Waals surface area (Å²) in [6.45, 7) is 8.09. The van der Waals surface area contributed by atoms with E-state index in [9.17, 15) is 13.2 Å². The molecule has 2 N–H and O–H groups in total. The molecule has 2 rings (SSSR count). The molecule has 0 aromatic carbocycles. The van der Waals surface area contributed by atoms with Gasteiger partial charge in [0.2, 0.25) is 5.95 Å². The molecule has 0 saturated carbocycles. The third-order valence-corrected chi connectivity index (χ3v) is 3.84. The van der Waals surface area contributed by atoms with E-state index in [4.69, 9.17) is 4.74 Å². The zero-order valence-electron chi connectivity index (χ0n) is 14.0. The second-order valence-electron chi connectivity index (χ2n) is 5.79. The normalized spacial score (nSPS) is 17.5. The van der Waals surface area contributed by atoms with Gasteiger partial charge < -0.3 is 15.4 Å². The van der Waals surface area contributed by atoms with Crippen molar-refractivity contribution < 1.29 is 17.9 Å². The maximum absolute atomic E-state index is 13.0. The summed E-state index contributed by atoms with van der Waals surface area (Å²) in [5, 5.41) is 5.86. The van der Waals surface area contributed by atoms with E-state index in [0.29, 0.717) is 19.8 Å². The van der Waals surface area contributed by atoms with Crippen LogP contribution in [0.2, 0.25) is 0 Å². The average molecular weight is 347 g/mol. The Morgan fingerprint density at radius 2 is 2.00 bits per heavy atom. The van der Waals surface area contributed by atoms with Gasteiger partial charge in [0.25, 0.3) is 0 Å². The van der Waals surface area contributed by atoms with Gasteiger partial charge in [-0.3, -0.25) is 4.90 Å². The number of nitrogens with zero attached hydrogens (tertiary/aromatic N) is 3. The van der Waals surface area contributed by atoms with E-state index in [-0.39, 0.29) is 17.8 Å². The van der Waals surface area contributed by atoms with Gasteiger partial charge in [-0.1, -0.05) is 6.92 Å². The fourth-order valence-corrected chi connectivity index (χ4v) is 2.24. The van der Waals surface area contributed by atoms with E-state index in [2.05, 4.69) is 25.5 Å². The predicted octanol–water partition coefficient (Wildman–Crippen LogP) is 2.45. The number of rotatable bonds is 7. The first-order valence-corrected chi connectivity index (χ1v) is 8.15. The van der Waals surface area contributed by atoms with Crippen LogP contribution in [0.1, 0.15) is 26.0 Å².